The fourth-order valence-corrected chi connectivity index (χ4v) is 3.07. The third kappa shape index (κ3) is 5.62. The zero-order valence-electron chi connectivity index (χ0n) is 16.9. The van der Waals surface area contributed by atoms with E-state index in [1.54, 1.807) is 21.3 Å². The molecular weight excluding hydrogens is 342 g/mol. The minimum absolute atomic E-state index is 0.0207. The highest BCUT2D eigenvalue weighted by atomic mass is 16.5. The van der Waals surface area contributed by atoms with Crippen molar-refractivity contribution in [3.63, 3.8) is 0 Å². The van der Waals surface area contributed by atoms with Gasteiger partial charge in [0.05, 0.1) is 27.4 Å². The van der Waals surface area contributed by atoms with Gasteiger partial charge in [-0.1, -0.05) is 29.8 Å². The number of hydrogen-bond donors (Lipinski definition) is 2. The maximum atomic E-state index is 10.5. The SMILES string of the molecule is COc1cc(CCCNC(C)C(O)c2ccc(C)cc2)cc(OC)c1OC. The predicted octanol–water partition coefficient (Wildman–Crippen LogP) is 3.67. The van der Waals surface area contributed by atoms with E-state index in [1.807, 2.05) is 50.2 Å². The molecule has 0 saturated carbocycles. The molecule has 0 heterocycles. The lowest BCUT2D eigenvalue weighted by Gasteiger charge is -2.21. The van der Waals surface area contributed by atoms with Crippen LogP contribution >= 0.6 is 0 Å². The van der Waals surface area contributed by atoms with Crippen LogP contribution in [0.5, 0.6) is 17.2 Å². The molecule has 2 unspecified atom stereocenters. The van der Waals surface area contributed by atoms with E-state index in [0.717, 1.165) is 30.5 Å². The molecule has 5 heteroatoms. The van der Waals surface area contributed by atoms with Crippen LogP contribution in [0.1, 0.15) is 36.1 Å². The smallest absolute Gasteiger partial charge is 0.203 e. The highest BCUT2D eigenvalue weighted by Gasteiger charge is 2.16. The van der Waals surface area contributed by atoms with Gasteiger partial charge in [0.25, 0.3) is 0 Å². The number of ether oxygens (including phenoxy) is 3. The van der Waals surface area contributed by atoms with E-state index in [2.05, 4.69) is 5.32 Å². The maximum absolute atomic E-state index is 10.5. The van der Waals surface area contributed by atoms with Crippen LogP contribution in [0.3, 0.4) is 0 Å². The van der Waals surface area contributed by atoms with Crippen molar-refractivity contribution in [2.75, 3.05) is 27.9 Å². The Balaban J connectivity index is 1.88. The van der Waals surface area contributed by atoms with Crippen LogP contribution < -0.4 is 19.5 Å². The van der Waals surface area contributed by atoms with E-state index in [-0.39, 0.29) is 6.04 Å². The Labute approximate surface area is 162 Å². The molecule has 0 fully saturated rings. The summed E-state index contributed by atoms with van der Waals surface area (Å²) in [7, 11) is 4.85. The summed E-state index contributed by atoms with van der Waals surface area (Å²) in [5.74, 6) is 1.95. The Morgan fingerprint density at radius 2 is 1.56 bits per heavy atom. The number of aryl methyl sites for hydroxylation is 2. The van der Waals surface area contributed by atoms with Gasteiger partial charge in [0.15, 0.2) is 11.5 Å². The van der Waals surface area contributed by atoms with Crippen LogP contribution in [0.4, 0.5) is 0 Å². The van der Waals surface area contributed by atoms with Gasteiger partial charge in [0, 0.05) is 6.04 Å². The van der Waals surface area contributed by atoms with Crippen LogP contribution in [0.15, 0.2) is 36.4 Å². The second-order valence-corrected chi connectivity index (χ2v) is 6.74. The number of benzene rings is 2. The van der Waals surface area contributed by atoms with Gasteiger partial charge in [-0.15, -0.1) is 0 Å². The van der Waals surface area contributed by atoms with Crippen molar-refractivity contribution < 1.29 is 19.3 Å². The monoisotopic (exact) mass is 373 g/mol. The fraction of sp³-hybridized carbons (Fsp3) is 0.455. The van der Waals surface area contributed by atoms with E-state index in [4.69, 9.17) is 14.2 Å². The number of aliphatic hydroxyl groups is 1. The second kappa shape index (κ2) is 10.2. The van der Waals surface area contributed by atoms with Crippen LogP contribution in [0.2, 0.25) is 0 Å². The van der Waals surface area contributed by atoms with Gasteiger partial charge >= 0.3 is 0 Å². The molecule has 0 spiro atoms. The summed E-state index contributed by atoms with van der Waals surface area (Å²) in [6.07, 6.45) is 1.28. The van der Waals surface area contributed by atoms with Gasteiger partial charge in [-0.05, 0) is 56.5 Å². The average Bonchev–Trinajstić information content (AvgIpc) is 2.70. The number of hydrogen-bond acceptors (Lipinski definition) is 5. The van der Waals surface area contributed by atoms with Crippen molar-refractivity contribution >= 4 is 0 Å². The molecule has 2 aromatic rings. The molecule has 0 aromatic heterocycles. The molecule has 148 valence electrons. The van der Waals surface area contributed by atoms with Crippen molar-refractivity contribution in [3.8, 4) is 17.2 Å². The Morgan fingerprint density at radius 3 is 2.07 bits per heavy atom. The lowest BCUT2D eigenvalue weighted by molar-refractivity contribution is 0.136. The minimum atomic E-state index is -0.522. The Morgan fingerprint density at radius 1 is 0.963 bits per heavy atom. The third-order valence-electron chi connectivity index (χ3n) is 4.73. The molecule has 0 saturated heterocycles. The first kappa shape index (κ1) is 21.1. The summed E-state index contributed by atoms with van der Waals surface area (Å²) < 4.78 is 16.2. The molecule has 0 aliphatic rings. The molecule has 5 nitrogen and oxygen atoms in total. The Bertz CT molecular complexity index is 690. The van der Waals surface area contributed by atoms with Crippen LogP contribution in [-0.4, -0.2) is 39.0 Å². The molecule has 0 bridgehead atoms. The van der Waals surface area contributed by atoms with Crippen LogP contribution in [0, 0.1) is 6.92 Å². The van der Waals surface area contributed by atoms with Crippen molar-refractivity contribution in [3.05, 3.63) is 53.1 Å². The van der Waals surface area contributed by atoms with Gasteiger partial charge in [-0.3, -0.25) is 0 Å². The molecule has 2 atom stereocenters. The quantitative estimate of drug-likeness (QED) is 0.623. The molecular formula is C22H31NO4. The molecule has 27 heavy (non-hydrogen) atoms. The lowest BCUT2D eigenvalue weighted by atomic mass is 10.0. The molecule has 0 aliphatic carbocycles. The minimum Gasteiger partial charge on any atom is -0.493 e. The predicted molar refractivity (Wildman–Crippen MR) is 108 cm³/mol. The molecule has 0 amide bonds. The van der Waals surface area contributed by atoms with Crippen molar-refractivity contribution in [1.82, 2.24) is 5.32 Å². The summed E-state index contributed by atoms with van der Waals surface area (Å²) in [5.41, 5.74) is 3.25. The first-order valence-corrected chi connectivity index (χ1v) is 9.27. The van der Waals surface area contributed by atoms with E-state index in [9.17, 15) is 5.11 Å². The number of rotatable bonds is 10. The standard InChI is InChI=1S/C22H31NO4/c1-15-8-10-18(11-9-15)21(24)16(2)23-12-6-7-17-13-19(25-3)22(27-5)20(14-17)26-4/h8-11,13-14,16,21,23-24H,6-7,12H2,1-5H3. The van der Waals surface area contributed by atoms with Gasteiger partial charge in [0.2, 0.25) is 5.75 Å². The second-order valence-electron chi connectivity index (χ2n) is 6.74. The number of methoxy groups -OCH3 is 3. The van der Waals surface area contributed by atoms with Gasteiger partial charge in [-0.25, -0.2) is 0 Å². The Hall–Kier alpha value is -2.24. The molecule has 2 aromatic carbocycles. The lowest BCUT2D eigenvalue weighted by Crippen LogP contribution is -2.33. The van der Waals surface area contributed by atoms with Gasteiger partial charge in [-0.2, -0.15) is 0 Å². The summed E-state index contributed by atoms with van der Waals surface area (Å²) in [6.45, 7) is 4.85. The number of aliphatic hydroxyl groups excluding tert-OH is 1. The van der Waals surface area contributed by atoms with Crippen molar-refractivity contribution in [1.29, 1.82) is 0 Å². The summed E-state index contributed by atoms with van der Waals surface area (Å²) >= 11 is 0. The van der Waals surface area contributed by atoms with E-state index < -0.39 is 6.10 Å². The van der Waals surface area contributed by atoms with Crippen LogP contribution in [0.25, 0.3) is 0 Å². The Kier molecular flexibility index (Phi) is 7.95. The third-order valence-corrected chi connectivity index (χ3v) is 4.73. The highest BCUT2D eigenvalue weighted by Crippen LogP contribution is 2.38. The summed E-state index contributed by atoms with van der Waals surface area (Å²) in [5, 5.41) is 13.9. The zero-order valence-corrected chi connectivity index (χ0v) is 16.9. The first-order chi connectivity index (χ1) is 13.0. The van der Waals surface area contributed by atoms with E-state index in [0.29, 0.717) is 17.2 Å². The highest BCUT2D eigenvalue weighted by molar-refractivity contribution is 5.53. The van der Waals surface area contributed by atoms with Crippen molar-refractivity contribution in [2.24, 2.45) is 0 Å². The summed E-state index contributed by atoms with van der Waals surface area (Å²) in [4.78, 5) is 0. The topological polar surface area (TPSA) is 60.0 Å². The zero-order chi connectivity index (χ0) is 19.8. The van der Waals surface area contributed by atoms with Gasteiger partial charge in [0.1, 0.15) is 0 Å². The van der Waals surface area contributed by atoms with Gasteiger partial charge < -0.3 is 24.6 Å². The number of nitrogens with one attached hydrogen (secondary N) is 1. The van der Waals surface area contributed by atoms with E-state index >= 15 is 0 Å². The normalized spacial score (nSPS) is 13.1. The van der Waals surface area contributed by atoms with Crippen molar-refractivity contribution in [2.45, 2.75) is 38.8 Å². The first-order valence-electron chi connectivity index (χ1n) is 9.27. The largest absolute Gasteiger partial charge is 0.493 e. The molecule has 2 rings (SSSR count). The average molecular weight is 373 g/mol. The summed E-state index contributed by atoms with van der Waals surface area (Å²) in [6, 6.07) is 11.9. The fourth-order valence-electron chi connectivity index (χ4n) is 3.07. The maximum Gasteiger partial charge on any atom is 0.203 e. The van der Waals surface area contributed by atoms with E-state index in [1.165, 1.54) is 5.56 Å². The van der Waals surface area contributed by atoms with Crippen LogP contribution in [-0.2, 0) is 6.42 Å². The molecule has 0 aliphatic heterocycles. The molecule has 0 radical (unpaired) electrons. The molecule has 2 N–H and O–H groups in total.